The van der Waals surface area contributed by atoms with Crippen molar-refractivity contribution in [3.8, 4) is 12.3 Å². The summed E-state index contributed by atoms with van der Waals surface area (Å²) in [5.41, 5.74) is 6.93. The number of nitrogens with two attached hydrogens (primary N) is 1. The fourth-order valence-corrected chi connectivity index (χ4v) is 2.01. The lowest BCUT2D eigenvalue weighted by Crippen LogP contribution is -2.40. The van der Waals surface area contributed by atoms with Crippen LogP contribution in [0.25, 0.3) is 0 Å². The first-order chi connectivity index (χ1) is 7.22. The predicted octanol–water partition coefficient (Wildman–Crippen LogP) is 1.22. The summed E-state index contributed by atoms with van der Waals surface area (Å²) in [4.78, 5) is 2.31. The Labute approximate surface area is 91.1 Å². The number of rotatable bonds is 2. The fraction of sp³-hybridized carbons (Fsp3) is 0.385. The van der Waals surface area contributed by atoms with Gasteiger partial charge in [0.2, 0.25) is 0 Å². The second-order valence-electron chi connectivity index (χ2n) is 4.25. The summed E-state index contributed by atoms with van der Waals surface area (Å²) in [6.07, 6.45) is 6.32. The van der Waals surface area contributed by atoms with Crippen molar-refractivity contribution in [2.24, 2.45) is 5.73 Å². The Morgan fingerprint density at radius 2 is 2.13 bits per heavy atom. The van der Waals surface area contributed by atoms with Gasteiger partial charge in [-0.15, -0.1) is 6.42 Å². The Hall–Kier alpha value is -1.30. The first kappa shape index (κ1) is 10.2. The van der Waals surface area contributed by atoms with E-state index in [0.717, 1.165) is 26.1 Å². The molecule has 1 aromatic carbocycles. The van der Waals surface area contributed by atoms with Crippen molar-refractivity contribution in [3.05, 3.63) is 35.9 Å². The van der Waals surface area contributed by atoms with Crippen molar-refractivity contribution in [1.82, 2.24) is 4.90 Å². The molecule has 15 heavy (non-hydrogen) atoms. The van der Waals surface area contributed by atoms with Gasteiger partial charge in [0.15, 0.2) is 0 Å². The van der Waals surface area contributed by atoms with Crippen molar-refractivity contribution in [1.29, 1.82) is 0 Å². The highest BCUT2D eigenvalue weighted by atomic mass is 15.2. The van der Waals surface area contributed by atoms with Crippen LogP contribution < -0.4 is 5.73 Å². The topological polar surface area (TPSA) is 29.3 Å². The molecule has 1 heterocycles. The highest BCUT2D eigenvalue weighted by molar-refractivity contribution is 5.18. The molecule has 2 N–H and O–H groups in total. The normalized spacial score (nSPS) is 26.4. The molecule has 78 valence electrons. The van der Waals surface area contributed by atoms with E-state index in [0.29, 0.717) is 0 Å². The number of likely N-dealkylation sites (tertiary alicyclic amines) is 1. The SMILES string of the molecule is C#CC1(N)CCN(Cc2ccccc2)C1. The number of benzene rings is 1. The van der Waals surface area contributed by atoms with Gasteiger partial charge in [0, 0.05) is 19.6 Å². The van der Waals surface area contributed by atoms with Gasteiger partial charge in [-0.2, -0.15) is 0 Å². The molecule has 0 bridgehead atoms. The minimum absolute atomic E-state index is 0.408. The van der Waals surface area contributed by atoms with Crippen molar-refractivity contribution in [2.45, 2.75) is 18.5 Å². The molecule has 0 saturated carbocycles. The van der Waals surface area contributed by atoms with Crippen LogP contribution in [-0.4, -0.2) is 23.5 Å². The van der Waals surface area contributed by atoms with Gasteiger partial charge in [0.25, 0.3) is 0 Å². The van der Waals surface area contributed by atoms with Gasteiger partial charge in [0.1, 0.15) is 0 Å². The lowest BCUT2D eigenvalue weighted by atomic mass is 10.0. The molecule has 1 aliphatic heterocycles. The average molecular weight is 200 g/mol. The van der Waals surface area contributed by atoms with Gasteiger partial charge in [-0.05, 0) is 12.0 Å². The molecule has 2 nitrogen and oxygen atoms in total. The zero-order valence-corrected chi connectivity index (χ0v) is 8.82. The predicted molar refractivity (Wildman–Crippen MR) is 62.1 cm³/mol. The average Bonchev–Trinajstić information content (AvgIpc) is 2.63. The van der Waals surface area contributed by atoms with E-state index in [9.17, 15) is 0 Å². The van der Waals surface area contributed by atoms with Crippen molar-refractivity contribution >= 4 is 0 Å². The van der Waals surface area contributed by atoms with Gasteiger partial charge in [-0.3, -0.25) is 4.90 Å². The summed E-state index contributed by atoms with van der Waals surface area (Å²) in [6.45, 7) is 2.75. The Morgan fingerprint density at radius 1 is 1.40 bits per heavy atom. The van der Waals surface area contributed by atoms with Gasteiger partial charge < -0.3 is 5.73 Å². The van der Waals surface area contributed by atoms with E-state index in [2.05, 4.69) is 35.1 Å². The number of hydrogen-bond donors (Lipinski definition) is 1. The minimum Gasteiger partial charge on any atom is -0.314 e. The molecular weight excluding hydrogens is 184 g/mol. The van der Waals surface area contributed by atoms with E-state index in [1.807, 2.05) is 6.07 Å². The molecule has 1 aromatic rings. The third-order valence-corrected chi connectivity index (χ3v) is 2.92. The van der Waals surface area contributed by atoms with E-state index >= 15 is 0 Å². The molecule has 0 amide bonds. The van der Waals surface area contributed by atoms with E-state index in [-0.39, 0.29) is 0 Å². The molecule has 0 aliphatic carbocycles. The van der Waals surface area contributed by atoms with Crippen molar-refractivity contribution in [2.75, 3.05) is 13.1 Å². The Morgan fingerprint density at radius 3 is 2.73 bits per heavy atom. The maximum Gasteiger partial charge on any atom is 0.0914 e. The molecule has 2 rings (SSSR count). The molecule has 0 spiro atoms. The molecule has 1 fully saturated rings. The van der Waals surface area contributed by atoms with E-state index in [1.54, 1.807) is 0 Å². The molecule has 1 unspecified atom stereocenters. The standard InChI is InChI=1S/C13H16N2/c1-2-13(14)8-9-15(11-13)10-12-6-4-3-5-7-12/h1,3-7H,8-11,14H2. The van der Waals surface area contributed by atoms with Crippen LogP contribution >= 0.6 is 0 Å². The van der Waals surface area contributed by atoms with E-state index < -0.39 is 5.54 Å². The molecule has 0 aromatic heterocycles. The Bertz CT molecular complexity index is 366. The molecule has 0 radical (unpaired) electrons. The Kier molecular flexibility index (Phi) is 2.77. The van der Waals surface area contributed by atoms with Crippen LogP contribution in [0.4, 0.5) is 0 Å². The summed E-state index contributed by atoms with van der Waals surface area (Å²) >= 11 is 0. The fourth-order valence-electron chi connectivity index (χ4n) is 2.01. The largest absolute Gasteiger partial charge is 0.314 e. The van der Waals surface area contributed by atoms with Crippen LogP contribution in [0.3, 0.4) is 0 Å². The summed E-state index contributed by atoms with van der Waals surface area (Å²) in [5, 5.41) is 0. The highest BCUT2D eigenvalue weighted by Gasteiger charge is 2.32. The summed E-state index contributed by atoms with van der Waals surface area (Å²) in [7, 11) is 0. The van der Waals surface area contributed by atoms with Crippen molar-refractivity contribution in [3.63, 3.8) is 0 Å². The summed E-state index contributed by atoms with van der Waals surface area (Å²) < 4.78 is 0. The Balaban J connectivity index is 1.97. The highest BCUT2D eigenvalue weighted by Crippen LogP contribution is 2.19. The van der Waals surface area contributed by atoms with Crippen LogP contribution in [0.2, 0.25) is 0 Å². The van der Waals surface area contributed by atoms with E-state index in [1.165, 1.54) is 5.56 Å². The van der Waals surface area contributed by atoms with Gasteiger partial charge in [0.05, 0.1) is 5.54 Å². The molecule has 1 saturated heterocycles. The van der Waals surface area contributed by atoms with Gasteiger partial charge in [-0.1, -0.05) is 36.3 Å². The first-order valence-corrected chi connectivity index (χ1v) is 5.25. The van der Waals surface area contributed by atoms with Crippen LogP contribution in [0, 0.1) is 12.3 Å². The monoisotopic (exact) mass is 200 g/mol. The minimum atomic E-state index is -0.408. The maximum absolute atomic E-state index is 6.02. The van der Waals surface area contributed by atoms with Crippen LogP contribution in [0.1, 0.15) is 12.0 Å². The number of nitrogens with zero attached hydrogens (tertiary/aromatic N) is 1. The van der Waals surface area contributed by atoms with Crippen LogP contribution in [0.15, 0.2) is 30.3 Å². The smallest absolute Gasteiger partial charge is 0.0914 e. The molecule has 1 aliphatic rings. The molecule has 2 heteroatoms. The van der Waals surface area contributed by atoms with Crippen molar-refractivity contribution < 1.29 is 0 Å². The van der Waals surface area contributed by atoms with Gasteiger partial charge in [-0.25, -0.2) is 0 Å². The van der Waals surface area contributed by atoms with E-state index in [4.69, 9.17) is 12.2 Å². The lowest BCUT2D eigenvalue weighted by Gasteiger charge is -2.18. The van der Waals surface area contributed by atoms with Crippen LogP contribution in [0.5, 0.6) is 0 Å². The lowest BCUT2D eigenvalue weighted by molar-refractivity contribution is 0.318. The first-order valence-electron chi connectivity index (χ1n) is 5.25. The summed E-state index contributed by atoms with van der Waals surface area (Å²) in [5.74, 6) is 2.69. The third-order valence-electron chi connectivity index (χ3n) is 2.92. The molecular formula is C13H16N2. The quantitative estimate of drug-likeness (QED) is 0.727. The summed E-state index contributed by atoms with van der Waals surface area (Å²) in [6, 6.07) is 10.4. The number of terminal acetylenes is 1. The van der Waals surface area contributed by atoms with Crippen LogP contribution in [-0.2, 0) is 6.54 Å². The maximum atomic E-state index is 6.02. The third kappa shape index (κ3) is 2.38. The van der Waals surface area contributed by atoms with Gasteiger partial charge >= 0.3 is 0 Å². The number of hydrogen-bond acceptors (Lipinski definition) is 2. The zero-order valence-electron chi connectivity index (χ0n) is 8.82. The second-order valence-corrected chi connectivity index (χ2v) is 4.25. The molecule has 1 atom stereocenters. The zero-order chi connectivity index (χ0) is 10.7. The second kappa shape index (κ2) is 4.06.